The molecule has 0 aromatic rings. The monoisotopic (exact) mass is 408 g/mol. The number of Topliss-reactive ketones (excluding diaryl/α,β-unsaturated/α-hetero) is 1. The third-order valence-corrected chi connectivity index (χ3v) is 5.10. The Morgan fingerprint density at radius 1 is 1.00 bits per heavy atom. The molecule has 0 atom stereocenters. The van der Waals surface area contributed by atoms with Crippen LogP contribution in [0.3, 0.4) is 0 Å². The van der Waals surface area contributed by atoms with Gasteiger partial charge in [0, 0.05) is 51.9 Å². The van der Waals surface area contributed by atoms with Gasteiger partial charge in [0.25, 0.3) is 0 Å². The van der Waals surface area contributed by atoms with E-state index in [1.807, 2.05) is 14.7 Å². The molecular weight excluding hydrogens is 380 g/mol. The van der Waals surface area contributed by atoms with Gasteiger partial charge in [0.2, 0.25) is 11.6 Å². The third kappa shape index (κ3) is 5.72. The second-order valence-electron chi connectivity index (χ2n) is 7.17. The maximum Gasteiger partial charge on any atom is 0.227 e. The van der Waals surface area contributed by atoms with Crippen LogP contribution in [0.1, 0.15) is 32.6 Å². The SMILES string of the molecule is CCCCCCNC(=S)S.O=C1C=C(N2CC2)C(=O)C(N2CC2)=C1N1CC1. The molecule has 1 aliphatic carbocycles. The van der Waals surface area contributed by atoms with Gasteiger partial charge >= 0.3 is 0 Å². The first-order valence-electron chi connectivity index (χ1n) is 9.79. The van der Waals surface area contributed by atoms with E-state index in [0.717, 1.165) is 45.8 Å². The van der Waals surface area contributed by atoms with E-state index >= 15 is 0 Å². The van der Waals surface area contributed by atoms with Gasteiger partial charge in [-0.15, -0.1) is 12.6 Å². The van der Waals surface area contributed by atoms with E-state index in [1.54, 1.807) is 0 Å². The maximum absolute atomic E-state index is 12.4. The summed E-state index contributed by atoms with van der Waals surface area (Å²) < 4.78 is 0.608. The molecule has 1 N–H and O–H groups in total. The lowest BCUT2D eigenvalue weighted by Crippen LogP contribution is -2.29. The van der Waals surface area contributed by atoms with Crippen LogP contribution in [0.2, 0.25) is 0 Å². The third-order valence-electron chi connectivity index (χ3n) is 4.79. The summed E-state index contributed by atoms with van der Waals surface area (Å²) in [4.78, 5) is 30.5. The predicted octanol–water partition coefficient (Wildman–Crippen LogP) is 1.55. The van der Waals surface area contributed by atoms with Gasteiger partial charge in [0.15, 0.2) is 0 Å². The number of rotatable bonds is 8. The number of ketones is 2. The van der Waals surface area contributed by atoms with Crippen molar-refractivity contribution in [3.8, 4) is 0 Å². The van der Waals surface area contributed by atoms with Gasteiger partial charge in [-0.1, -0.05) is 38.4 Å². The van der Waals surface area contributed by atoms with Crippen molar-refractivity contribution in [2.45, 2.75) is 32.6 Å². The summed E-state index contributed by atoms with van der Waals surface area (Å²) >= 11 is 8.67. The first-order valence-corrected chi connectivity index (χ1v) is 10.6. The van der Waals surface area contributed by atoms with Crippen molar-refractivity contribution in [2.75, 3.05) is 45.8 Å². The van der Waals surface area contributed by atoms with Crippen LogP contribution in [0.25, 0.3) is 0 Å². The zero-order chi connectivity index (χ0) is 19.4. The van der Waals surface area contributed by atoms with Crippen LogP contribution in [0.5, 0.6) is 0 Å². The van der Waals surface area contributed by atoms with E-state index in [4.69, 9.17) is 12.2 Å². The zero-order valence-electron chi connectivity index (χ0n) is 15.9. The minimum Gasteiger partial charge on any atom is -0.371 e. The zero-order valence-corrected chi connectivity index (χ0v) is 17.6. The fraction of sp³-hybridized carbons (Fsp3) is 0.632. The number of thiocarbonyl (C=S) groups is 1. The van der Waals surface area contributed by atoms with Crippen molar-refractivity contribution >= 4 is 40.7 Å². The highest BCUT2D eigenvalue weighted by molar-refractivity contribution is 8.11. The van der Waals surface area contributed by atoms with E-state index in [0.29, 0.717) is 21.4 Å². The highest BCUT2D eigenvalue weighted by Gasteiger charge is 2.43. The second-order valence-corrected chi connectivity index (χ2v) is 8.33. The molecule has 0 unspecified atom stereocenters. The fourth-order valence-electron chi connectivity index (χ4n) is 3.02. The Labute approximate surface area is 172 Å². The lowest BCUT2D eigenvalue weighted by Gasteiger charge is -2.21. The summed E-state index contributed by atoms with van der Waals surface area (Å²) in [6.45, 7) is 8.59. The van der Waals surface area contributed by atoms with Crippen LogP contribution in [-0.4, -0.2) is 76.4 Å². The Balaban J connectivity index is 0.000000183. The molecule has 3 aliphatic heterocycles. The fourth-order valence-corrected chi connectivity index (χ4v) is 3.24. The molecule has 0 bridgehead atoms. The topological polar surface area (TPSA) is 55.2 Å². The molecule has 4 aliphatic rings. The normalized spacial score (nSPS) is 20.2. The lowest BCUT2D eigenvalue weighted by atomic mass is 10.0. The number of unbranched alkanes of at least 4 members (excludes halogenated alkanes) is 3. The molecule has 27 heavy (non-hydrogen) atoms. The molecule has 4 rings (SSSR count). The van der Waals surface area contributed by atoms with E-state index < -0.39 is 0 Å². The largest absolute Gasteiger partial charge is 0.371 e. The summed E-state index contributed by atoms with van der Waals surface area (Å²) in [5.74, 6) is 0.0485. The smallest absolute Gasteiger partial charge is 0.227 e. The van der Waals surface area contributed by atoms with Gasteiger partial charge in [-0.05, 0) is 6.42 Å². The standard InChI is InChI=1S/C12H13N3O2.C7H15NS2/c16-9-7-8(13-1-2-13)12(17)11(15-5-6-15)10(9)14-3-4-14;1-2-3-4-5-6-8-7(9)10/h7H,1-6H2;2-6H2,1H3,(H2,8,9,10). The van der Waals surface area contributed by atoms with Crippen LogP contribution in [-0.2, 0) is 9.59 Å². The van der Waals surface area contributed by atoms with Crippen molar-refractivity contribution in [3.63, 3.8) is 0 Å². The van der Waals surface area contributed by atoms with Crippen molar-refractivity contribution in [2.24, 2.45) is 0 Å². The number of hydrogen-bond acceptors (Lipinski definition) is 6. The number of allylic oxidation sites excluding steroid dienone is 1. The summed E-state index contributed by atoms with van der Waals surface area (Å²) in [7, 11) is 0. The quantitative estimate of drug-likeness (QED) is 0.208. The Bertz CT molecular complexity index is 677. The molecule has 6 nitrogen and oxygen atoms in total. The molecule has 3 fully saturated rings. The summed E-state index contributed by atoms with van der Waals surface area (Å²) in [5.41, 5.74) is 1.89. The first kappa shape index (κ1) is 20.2. The van der Waals surface area contributed by atoms with Gasteiger partial charge in [-0.3, -0.25) is 9.59 Å². The molecule has 3 heterocycles. The van der Waals surface area contributed by atoms with Gasteiger partial charge in [-0.2, -0.15) is 0 Å². The number of carbonyl (C=O) groups is 2. The molecule has 0 aromatic heterocycles. The molecule has 0 saturated carbocycles. The van der Waals surface area contributed by atoms with E-state index in [2.05, 4.69) is 24.9 Å². The molecule has 0 spiro atoms. The predicted molar refractivity (Wildman–Crippen MR) is 114 cm³/mol. The molecule has 3 saturated heterocycles. The Morgan fingerprint density at radius 3 is 2.11 bits per heavy atom. The van der Waals surface area contributed by atoms with Crippen molar-refractivity contribution in [1.82, 2.24) is 20.0 Å². The summed E-state index contributed by atoms with van der Waals surface area (Å²) in [6, 6.07) is 0. The molecule has 148 valence electrons. The summed E-state index contributed by atoms with van der Waals surface area (Å²) in [6.07, 6.45) is 6.62. The van der Waals surface area contributed by atoms with E-state index in [1.165, 1.54) is 31.8 Å². The lowest BCUT2D eigenvalue weighted by molar-refractivity contribution is -0.117. The second kappa shape index (κ2) is 9.10. The van der Waals surface area contributed by atoms with Crippen LogP contribution in [0.4, 0.5) is 0 Å². The van der Waals surface area contributed by atoms with Crippen LogP contribution < -0.4 is 5.32 Å². The molecule has 0 aromatic carbocycles. The van der Waals surface area contributed by atoms with Crippen molar-refractivity contribution in [3.05, 3.63) is 23.2 Å². The minimum atomic E-state index is 0.00546. The number of nitrogens with one attached hydrogen (secondary N) is 1. The summed E-state index contributed by atoms with van der Waals surface area (Å²) in [5, 5.41) is 3.00. The number of carbonyl (C=O) groups excluding carboxylic acids is 2. The van der Waals surface area contributed by atoms with E-state index in [9.17, 15) is 9.59 Å². The van der Waals surface area contributed by atoms with Crippen LogP contribution in [0.15, 0.2) is 23.2 Å². The molecular formula is C19H28N4O2S2. The van der Waals surface area contributed by atoms with Crippen LogP contribution in [0, 0.1) is 0 Å². The maximum atomic E-state index is 12.4. The highest BCUT2D eigenvalue weighted by Crippen LogP contribution is 2.33. The molecule has 0 radical (unpaired) electrons. The average Bonchev–Trinajstić information content (AvgIpc) is 3.49. The Kier molecular flexibility index (Phi) is 6.81. The number of hydrogen-bond donors (Lipinski definition) is 2. The minimum absolute atomic E-state index is 0.00546. The number of thiol groups is 1. The van der Waals surface area contributed by atoms with Crippen molar-refractivity contribution in [1.29, 1.82) is 0 Å². The molecule has 8 heteroatoms. The van der Waals surface area contributed by atoms with Gasteiger partial charge in [-0.25, -0.2) is 0 Å². The van der Waals surface area contributed by atoms with Gasteiger partial charge in [0.1, 0.15) is 15.7 Å². The van der Waals surface area contributed by atoms with Crippen LogP contribution >= 0.6 is 24.8 Å². The highest BCUT2D eigenvalue weighted by atomic mass is 32.1. The Morgan fingerprint density at radius 2 is 1.59 bits per heavy atom. The van der Waals surface area contributed by atoms with Gasteiger partial charge < -0.3 is 20.0 Å². The van der Waals surface area contributed by atoms with E-state index in [-0.39, 0.29) is 11.6 Å². The van der Waals surface area contributed by atoms with Crippen molar-refractivity contribution < 1.29 is 9.59 Å². The first-order chi connectivity index (χ1) is 13.0. The Hall–Kier alpha value is -1.54. The number of nitrogens with zero attached hydrogens (tertiary/aromatic N) is 3. The molecule has 0 amide bonds. The average molecular weight is 409 g/mol. The van der Waals surface area contributed by atoms with Gasteiger partial charge in [0.05, 0.1) is 5.70 Å².